The SMILES string of the molecule is O=C(COc1ccc(F)cc1Cl)Nc1ccc(Cl)cc1C(F)(F)F. The van der Waals surface area contributed by atoms with Crippen molar-refractivity contribution < 1.29 is 27.1 Å². The zero-order valence-electron chi connectivity index (χ0n) is 11.8. The fraction of sp³-hybridized carbons (Fsp3) is 0.133. The predicted molar refractivity (Wildman–Crippen MR) is 82.0 cm³/mol. The normalized spacial score (nSPS) is 11.2. The van der Waals surface area contributed by atoms with E-state index in [2.05, 4.69) is 5.32 Å². The van der Waals surface area contributed by atoms with Crippen molar-refractivity contribution in [2.24, 2.45) is 0 Å². The van der Waals surface area contributed by atoms with Crippen molar-refractivity contribution in [2.75, 3.05) is 11.9 Å². The molecule has 0 unspecified atom stereocenters. The third-order valence-electron chi connectivity index (χ3n) is 2.81. The van der Waals surface area contributed by atoms with E-state index in [9.17, 15) is 22.4 Å². The van der Waals surface area contributed by atoms with Crippen molar-refractivity contribution in [1.82, 2.24) is 0 Å². The minimum atomic E-state index is -4.69. The minimum absolute atomic E-state index is 0.0281. The Morgan fingerprint density at radius 1 is 1.12 bits per heavy atom. The smallest absolute Gasteiger partial charge is 0.418 e. The van der Waals surface area contributed by atoms with Crippen LogP contribution in [0.1, 0.15) is 5.56 Å². The number of carbonyl (C=O) groups excluding carboxylic acids is 1. The van der Waals surface area contributed by atoms with Crippen molar-refractivity contribution in [1.29, 1.82) is 0 Å². The highest BCUT2D eigenvalue weighted by Crippen LogP contribution is 2.36. The molecule has 0 aliphatic rings. The van der Waals surface area contributed by atoms with Crippen molar-refractivity contribution in [3.8, 4) is 5.75 Å². The van der Waals surface area contributed by atoms with Crippen LogP contribution in [0.2, 0.25) is 10.0 Å². The summed E-state index contributed by atoms with van der Waals surface area (Å²) in [6.07, 6.45) is -4.69. The number of nitrogens with one attached hydrogen (secondary N) is 1. The first-order chi connectivity index (χ1) is 11.2. The zero-order chi connectivity index (χ0) is 17.9. The van der Waals surface area contributed by atoms with Crippen molar-refractivity contribution >= 4 is 34.8 Å². The van der Waals surface area contributed by atoms with Crippen LogP contribution in [0.15, 0.2) is 36.4 Å². The second-order valence-electron chi connectivity index (χ2n) is 4.60. The van der Waals surface area contributed by atoms with Crippen molar-refractivity contribution in [2.45, 2.75) is 6.18 Å². The number of carbonyl (C=O) groups is 1. The Morgan fingerprint density at radius 2 is 1.83 bits per heavy atom. The molecule has 0 saturated carbocycles. The monoisotopic (exact) mass is 381 g/mol. The molecule has 2 aromatic carbocycles. The van der Waals surface area contributed by atoms with E-state index in [-0.39, 0.29) is 15.8 Å². The van der Waals surface area contributed by atoms with Gasteiger partial charge >= 0.3 is 6.18 Å². The van der Waals surface area contributed by atoms with Gasteiger partial charge in [-0.15, -0.1) is 0 Å². The molecule has 0 aromatic heterocycles. The predicted octanol–water partition coefficient (Wildman–Crippen LogP) is 5.17. The molecule has 0 atom stereocenters. The summed E-state index contributed by atoms with van der Waals surface area (Å²) in [5, 5.41) is 1.91. The van der Waals surface area contributed by atoms with Crippen LogP contribution in [0.4, 0.5) is 23.2 Å². The van der Waals surface area contributed by atoms with Gasteiger partial charge in [0.2, 0.25) is 0 Å². The average molecular weight is 382 g/mol. The van der Waals surface area contributed by atoms with Crippen LogP contribution in [-0.2, 0) is 11.0 Å². The van der Waals surface area contributed by atoms with Gasteiger partial charge in [-0.1, -0.05) is 23.2 Å². The fourth-order valence-corrected chi connectivity index (χ4v) is 2.18. The maximum atomic E-state index is 12.9. The Hall–Kier alpha value is -1.99. The Kier molecular flexibility index (Phi) is 5.56. The molecule has 9 heteroatoms. The molecule has 1 N–H and O–H groups in total. The zero-order valence-corrected chi connectivity index (χ0v) is 13.3. The molecule has 2 rings (SSSR count). The highest BCUT2D eigenvalue weighted by Gasteiger charge is 2.34. The summed E-state index contributed by atoms with van der Waals surface area (Å²) in [5.74, 6) is -1.41. The van der Waals surface area contributed by atoms with Gasteiger partial charge in [0, 0.05) is 5.02 Å². The van der Waals surface area contributed by atoms with Crippen LogP contribution in [0.3, 0.4) is 0 Å². The summed E-state index contributed by atoms with van der Waals surface area (Å²) in [4.78, 5) is 11.8. The molecule has 0 heterocycles. The number of alkyl halides is 3. The molecule has 0 fully saturated rings. The number of benzene rings is 2. The van der Waals surface area contributed by atoms with Gasteiger partial charge in [0.1, 0.15) is 11.6 Å². The molecule has 0 aliphatic carbocycles. The summed E-state index contributed by atoms with van der Waals surface area (Å²) >= 11 is 11.3. The summed E-state index contributed by atoms with van der Waals surface area (Å²) in [5.41, 5.74) is -1.53. The lowest BCUT2D eigenvalue weighted by Gasteiger charge is -2.14. The lowest BCUT2D eigenvalue weighted by atomic mass is 10.1. The number of anilines is 1. The largest absolute Gasteiger partial charge is 0.482 e. The number of hydrogen-bond acceptors (Lipinski definition) is 2. The third-order valence-corrected chi connectivity index (χ3v) is 3.34. The van der Waals surface area contributed by atoms with E-state index in [1.54, 1.807) is 0 Å². The van der Waals surface area contributed by atoms with E-state index in [1.165, 1.54) is 12.1 Å². The molecule has 128 valence electrons. The topological polar surface area (TPSA) is 38.3 Å². The molecular formula is C15H9Cl2F4NO2. The van der Waals surface area contributed by atoms with Crippen LogP contribution < -0.4 is 10.1 Å². The van der Waals surface area contributed by atoms with Gasteiger partial charge < -0.3 is 10.1 Å². The Bertz CT molecular complexity index is 766. The second kappa shape index (κ2) is 7.27. The van der Waals surface area contributed by atoms with Gasteiger partial charge in [-0.05, 0) is 36.4 Å². The first kappa shape index (κ1) is 18.4. The van der Waals surface area contributed by atoms with Crippen LogP contribution in [-0.4, -0.2) is 12.5 Å². The van der Waals surface area contributed by atoms with Crippen LogP contribution in [0.25, 0.3) is 0 Å². The third kappa shape index (κ3) is 4.75. The quantitative estimate of drug-likeness (QED) is 0.742. The number of amides is 1. The van der Waals surface area contributed by atoms with E-state index in [4.69, 9.17) is 27.9 Å². The van der Waals surface area contributed by atoms with E-state index in [0.29, 0.717) is 6.07 Å². The minimum Gasteiger partial charge on any atom is -0.482 e. The summed E-state index contributed by atoms with van der Waals surface area (Å²) in [6.45, 7) is -0.606. The lowest BCUT2D eigenvalue weighted by Crippen LogP contribution is -2.22. The van der Waals surface area contributed by atoms with E-state index in [0.717, 1.165) is 18.2 Å². The first-order valence-electron chi connectivity index (χ1n) is 6.41. The molecule has 3 nitrogen and oxygen atoms in total. The molecule has 0 saturated heterocycles. The second-order valence-corrected chi connectivity index (χ2v) is 5.44. The summed E-state index contributed by atoms with van der Waals surface area (Å²) in [7, 11) is 0. The van der Waals surface area contributed by atoms with Gasteiger partial charge in [-0.25, -0.2) is 4.39 Å². The van der Waals surface area contributed by atoms with Crippen molar-refractivity contribution in [3.05, 3.63) is 57.8 Å². The first-order valence-corrected chi connectivity index (χ1v) is 7.17. The summed E-state index contributed by atoms with van der Waals surface area (Å²) in [6, 6.07) is 6.21. The maximum absolute atomic E-state index is 12.9. The fourth-order valence-electron chi connectivity index (χ4n) is 1.78. The average Bonchev–Trinajstić information content (AvgIpc) is 2.47. The molecule has 24 heavy (non-hydrogen) atoms. The van der Waals surface area contributed by atoms with Gasteiger partial charge in [-0.2, -0.15) is 13.2 Å². The Balaban J connectivity index is 2.08. The van der Waals surface area contributed by atoms with Gasteiger partial charge in [0.15, 0.2) is 6.61 Å². The van der Waals surface area contributed by atoms with Gasteiger partial charge in [-0.3, -0.25) is 4.79 Å². The molecule has 0 bridgehead atoms. The number of ether oxygens (including phenoxy) is 1. The Morgan fingerprint density at radius 3 is 2.46 bits per heavy atom. The number of rotatable bonds is 4. The summed E-state index contributed by atoms with van der Waals surface area (Å²) < 4.78 is 56.7. The molecular weight excluding hydrogens is 373 g/mol. The van der Waals surface area contributed by atoms with Crippen molar-refractivity contribution in [3.63, 3.8) is 0 Å². The number of hydrogen-bond donors (Lipinski definition) is 1. The molecule has 1 amide bonds. The van der Waals surface area contributed by atoms with Crippen LogP contribution in [0, 0.1) is 5.82 Å². The standard InChI is InChI=1S/C15H9Cl2F4NO2/c16-8-1-3-12(10(5-8)15(19,20)21)22-14(23)7-24-13-4-2-9(18)6-11(13)17/h1-6H,7H2,(H,22,23). The van der Waals surface area contributed by atoms with E-state index >= 15 is 0 Å². The highest BCUT2D eigenvalue weighted by molar-refractivity contribution is 6.32. The maximum Gasteiger partial charge on any atom is 0.418 e. The molecule has 0 spiro atoms. The van der Waals surface area contributed by atoms with Gasteiger partial charge in [0.25, 0.3) is 5.91 Å². The molecule has 0 aliphatic heterocycles. The van der Waals surface area contributed by atoms with E-state index in [1.807, 2.05) is 0 Å². The highest BCUT2D eigenvalue weighted by atomic mass is 35.5. The molecule has 2 aromatic rings. The molecule has 0 radical (unpaired) electrons. The van der Waals surface area contributed by atoms with Crippen LogP contribution in [0.5, 0.6) is 5.75 Å². The van der Waals surface area contributed by atoms with E-state index < -0.39 is 35.8 Å². The number of halogens is 6. The Labute approximate surface area is 144 Å². The lowest BCUT2D eigenvalue weighted by molar-refractivity contribution is -0.137. The van der Waals surface area contributed by atoms with Gasteiger partial charge in [0.05, 0.1) is 16.3 Å². The van der Waals surface area contributed by atoms with Crippen LogP contribution >= 0.6 is 23.2 Å².